The molecular weight excluding hydrogens is 934 g/mol. The third-order valence-electron chi connectivity index (χ3n) is 6.19. The number of nitrogen functional groups attached to an aromatic ring is 4. The Morgan fingerprint density at radius 3 is 1.08 bits per heavy atom. The molecule has 4 heterocycles. The highest BCUT2D eigenvalue weighted by molar-refractivity contribution is 5.96. The van der Waals surface area contributed by atoms with Crippen LogP contribution >= 0.6 is 0 Å². The number of halogens is 12. The summed E-state index contributed by atoms with van der Waals surface area (Å²) in [5, 5.41) is 6.38. The summed E-state index contributed by atoms with van der Waals surface area (Å²) in [5.41, 5.74) is 21.1. The minimum Gasteiger partial charge on any atom is -0.450 e. The molecule has 4 aromatic rings. The van der Waals surface area contributed by atoms with E-state index in [1.807, 2.05) is 0 Å². The third kappa shape index (κ3) is 15.3. The van der Waals surface area contributed by atoms with Gasteiger partial charge in [0.25, 0.3) is 22.2 Å². The van der Waals surface area contributed by atoms with Crippen LogP contribution in [0, 0.1) is 0 Å². The van der Waals surface area contributed by atoms with Crippen molar-refractivity contribution in [2.75, 3.05) is 50.8 Å². The average Bonchev–Trinajstić information content (AvgIpc) is 3.17. The van der Waals surface area contributed by atoms with E-state index >= 15 is 0 Å². The number of nitrogens with one attached hydrogen (secondary N) is 8. The predicted molar refractivity (Wildman–Crippen MR) is 195 cm³/mol. The number of nitrogens with two attached hydrogens (primary N) is 5. The van der Waals surface area contributed by atoms with Gasteiger partial charge in [-0.2, -0.15) is 52.7 Å². The summed E-state index contributed by atoms with van der Waals surface area (Å²) in [7, 11) is 0. The maximum Gasteiger partial charge on any atom is 0.463 e. The summed E-state index contributed by atoms with van der Waals surface area (Å²) in [6.07, 6.45) is -9.83. The summed E-state index contributed by atoms with van der Waals surface area (Å²) < 4.78 is 152. The first-order chi connectivity index (χ1) is 29.6. The van der Waals surface area contributed by atoms with Crippen molar-refractivity contribution in [3.63, 3.8) is 0 Å². The maximum atomic E-state index is 12.9. The van der Waals surface area contributed by atoms with Crippen molar-refractivity contribution in [1.29, 1.82) is 0 Å². The molecule has 4 aromatic heterocycles. The standard InChI is InChI=1S/C8H5F7N4O2.C7H5F5N4O2.C7H10N4O3.C5H7N5O2/c9-6(10,7(11,12)8(13,14)15)4(21)19-5-17-1-2(16)3(20)18-5;8-6(9,7(10,11)12)4(18)16-5-14-1-2(13)3(17)15-5;1-2-14-7(13)11-6-9-3-4(8)5(12)10-6;6-2-1-8-5(9-3(2)11)10-4(7)12/h1H,16H2,(H2,17,18,19,20,21);1H,13H2,(H2,14,15,16,17,18);3H,2,8H2,1H3,(H2,9,10,11,12,13);1H,6H2,(H4,7,8,9,10,11,12). The van der Waals surface area contributed by atoms with Gasteiger partial charge in [0.2, 0.25) is 23.8 Å². The fourth-order valence-electron chi connectivity index (χ4n) is 3.07. The van der Waals surface area contributed by atoms with Gasteiger partial charge >= 0.3 is 54.1 Å². The van der Waals surface area contributed by atoms with Gasteiger partial charge in [-0.1, -0.05) is 0 Å². The van der Waals surface area contributed by atoms with E-state index in [0.717, 1.165) is 23.0 Å². The largest absolute Gasteiger partial charge is 0.463 e. The van der Waals surface area contributed by atoms with E-state index in [2.05, 4.69) is 45.3 Å². The number of carbonyl (C=O) groups excluding carboxylic acids is 4. The number of anilines is 8. The minimum atomic E-state index is -6.66. The van der Waals surface area contributed by atoms with Crippen LogP contribution in [-0.2, 0) is 14.3 Å². The Morgan fingerprint density at radius 2 is 0.815 bits per heavy atom. The zero-order valence-corrected chi connectivity index (χ0v) is 31.4. The van der Waals surface area contributed by atoms with Gasteiger partial charge in [-0.15, -0.1) is 0 Å². The number of aromatic nitrogens is 8. The summed E-state index contributed by atoms with van der Waals surface area (Å²) >= 11 is 0. The second kappa shape index (κ2) is 21.4. The SMILES string of the molecule is CCOC(=O)Nc1ncc(N)c(=O)[nH]1.NC(=O)Nc1ncc(N)c(=O)[nH]1.Nc1cnc(NC(=O)C(F)(F)C(F)(F)C(F)(F)F)[nH]c1=O.Nc1cnc(NC(=O)C(F)(F)C(F)(F)F)[nH]c1=O. The Hall–Kier alpha value is -8.64. The molecule has 65 heavy (non-hydrogen) atoms. The Kier molecular flexibility index (Phi) is 17.9. The molecule has 0 saturated carbocycles. The van der Waals surface area contributed by atoms with Gasteiger partial charge in [-0.3, -0.25) is 70.0 Å². The monoisotopic (exact) mass is 961 g/mol. The smallest absolute Gasteiger partial charge is 0.450 e. The fraction of sp³-hybridized carbons (Fsp3) is 0.259. The second-order valence-electron chi connectivity index (χ2n) is 11.0. The lowest BCUT2D eigenvalue weighted by Crippen LogP contribution is -2.58. The predicted octanol–water partition coefficient (Wildman–Crippen LogP) is 0.375. The molecule has 18 N–H and O–H groups in total. The summed E-state index contributed by atoms with van der Waals surface area (Å²) in [6.45, 7) is 1.91. The molecule has 0 atom stereocenters. The van der Waals surface area contributed by atoms with Crippen LogP contribution in [0.1, 0.15) is 6.92 Å². The Morgan fingerprint density at radius 1 is 0.523 bits per heavy atom. The van der Waals surface area contributed by atoms with Crippen LogP contribution in [0.5, 0.6) is 0 Å². The molecule has 0 bridgehead atoms. The number of hydrogen-bond donors (Lipinski definition) is 13. The molecule has 5 amide bonds. The van der Waals surface area contributed by atoms with Gasteiger partial charge in [0.15, 0.2) is 0 Å². The summed E-state index contributed by atoms with van der Waals surface area (Å²) in [4.78, 5) is 108. The molecule has 0 aliphatic carbocycles. The number of carbonyl (C=O) groups is 4. The molecule has 358 valence electrons. The third-order valence-corrected chi connectivity index (χ3v) is 6.19. The van der Waals surface area contributed by atoms with Crippen LogP contribution in [0.4, 0.5) is 109 Å². The number of alkyl halides is 12. The Labute approximate surface area is 347 Å². The molecule has 0 fully saturated rings. The maximum absolute atomic E-state index is 12.9. The Bertz CT molecular complexity index is 2580. The molecule has 0 aromatic carbocycles. The van der Waals surface area contributed by atoms with Crippen LogP contribution in [0.3, 0.4) is 0 Å². The van der Waals surface area contributed by atoms with Crippen molar-refractivity contribution in [2.45, 2.75) is 37.0 Å². The fourth-order valence-corrected chi connectivity index (χ4v) is 3.07. The van der Waals surface area contributed by atoms with Crippen LogP contribution in [-0.4, -0.2) is 101 Å². The number of H-pyrrole nitrogens is 4. The van der Waals surface area contributed by atoms with Crippen molar-refractivity contribution >= 4 is 70.5 Å². The lowest BCUT2D eigenvalue weighted by Gasteiger charge is -2.26. The number of ether oxygens (including phenoxy) is 1. The number of nitrogens with zero attached hydrogens (tertiary/aromatic N) is 4. The van der Waals surface area contributed by atoms with Crippen molar-refractivity contribution in [1.82, 2.24) is 39.9 Å². The molecule has 4 rings (SSSR count). The van der Waals surface area contributed by atoms with Crippen LogP contribution < -0.4 is 72.2 Å². The first kappa shape index (κ1) is 54.4. The van der Waals surface area contributed by atoms with E-state index in [1.54, 1.807) is 16.9 Å². The van der Waals surface area contributed by atoms with Gasteiger partial charge in [-0.25, -0.2) is 29.5 Å². The molecule has 0 radical (unpaired) electrons. The molecule has 26 nitrogen and oxygen atoms in total. The molecule has 0 unspecified atom stereocenters. The van der Waals surface area contributed by atoms with Gasteiger partial charge in [0, 0.05) is 0 Å². The van der Waals surface area contributed by atoms with E-state index in [4.69, 9.17) is 28.7 Å². The minimum absolute atomic E-state index is 0.00245. The lowest BCUT2D eigenvalue weighted by molar-refractivity contribution is -0.343. The van der Waals surface area contributed by atoms with Crippen molar-refractivity contribution < 1.29 is 76.6 Å². The first-order valence-electron chi connectivity index (χ1n) is 15.9. The lowest BCUT2D eigenvalue weighted by atomic mass is 10.1. The highest BCUT2D eigenvalue weighted by Crippen LogP contribution is 2.46. The van der Waals surface area contributed by atoms with Gasteiger partial charge in [0.05, 0.1) is 31.4 Å². The van der Waals surface area contributed by atoms with Gasteiger partial charge < -0.3 is 33.4 Å². The molecule has 0 aliphatic rings. The number of hydrogen-bond acceptors (Lipinski definition) is 17. The van der Waals surface area contributed by atoms with E-state index in [-0.39, 0.29) is 29.9 Å². The highest BCUT2D eigenvalue weighted by Gasteiger charge is 2.76. The number of primary amides is 1. The summed E-state index contributed by atoms with van der Waals surface area (Å²) in [5.74, 6) is -26.0. The van der Waals surface area contributed by atoms with Crippen molar-refractivity contribution in [3.8, 4) is 0 Å². The number of amides is 5. The molecular formula is C27H27F12N17O9. The zero-order chi connectivity index (χ0) is 50.5. The topological polar surface area (TPSA) is 439 Å². The van der Waals surface area contributed by atoms with Gasteiger partial charge in [0.1, 0.15) is 22.7 Å². The molecule has 0 saturated heterocycles. The molecule has 38 heteroatoms. The van der Waals surface area contributed by atoms with Gasteiger partial charge in [-0.05, 0) is 6.92 Å². The number of rotatable bonds is 8. The average molecular weight is 962 g/mol. The normalized spacial score (nSPS) is 11.4. The molecule has 0 spiro atoms. The van der Waals surface area contributed by atoms with E-state index in [9.17, 15) is 91.0 Å². The van der Waals surface area contributed by atoms with Crippen LogP contribution in [0.2, 0.25) is 0 Å². The van der Waals surface area contributed by atoms with Crippen LogP contribution in [0.15, 0.2) is 44.0 Å². The molecule has 0 aliphatic heterocycles. The Balaban J connectivity index is 0.000000442. The van der Waals surface area contributed by atoms with Crippen molar-refractivity contribution in [2.24, 2.45) is 5.73 Å². The zero-order valence-electron chi connectivity index (χ0n) is 31.4. The number of urea groups is 1. The van der Waals surface area contributed by atoms with Crippen LogP contribution in [0.25, 0.3) is 0 Å². The summed E-state index contributed by atoms with van der Waals surface area (Å²) in [6, 6.07) is -0.803. The highest BCUT2D eigenvalue weighted by atomic mass is 19.4. The quantitative estimate of drug-likeness (QED) is 0.106. The van der Waals surface area contributed by atoms with Crippen molar-refractivity contribution in [3.05, 3.63) is 66.2 Å². The van der Waals surface area contributed by atoms with E-state index < -0.39 is 99.6 Å². The van der Waals surface area contributed by atoms with E-state index in [0.29, 0.717) is 12.4 Å². The number of aromatic amines is 4. The second-order valence-corrected chi connectivity index (χ2v) is 11.0. The van der Waals surface area contributed by atoms with E-state index in [1.165, 1.54) is 0 Å². The first-order valence-corrected chi connectivity index (χ1v) is 15.9.